The van der Waals surface area contributed by atoms with Gasteiger partial charge in [0.2, 0.25) is 0 Å². The molecule has 21 heavy (non-hydrogen) atoms. The number of aromatic amines is 1. The van der Waals surface area contributed by atoms with Crippen LogP contribution in [0.3, 0.4) is 0 Å². The van der Waals surface area contributed by atoms with Gasteiger partial charge in [0.05, 0.1) is 5.56 Å². The number of H-pyrrole nitrogens is 1. The van der Waals surface area contributed by atoms with Crippen LogP contribution in [-0.4, -0.2) is 9.55 Å². The summed E-state index contributed by atoms with van der Waals surface area (Å²) in [5, 5.41) is 0.0632. The number of benzene rings is 1. The Balaban J connectivity index is 2.43. The van der Waals surface area contributed by atoms with E-state index in [-0.39, 0.29) is 29.2 Å². The van der Waals surface area contributed by atoms with Crippen molar-refractivity contribution in [2.75, 3.05) is 0 Å². The van der Waals surface area contributed by atoms with Gasteiger partial charge in [-0.05, 0) is 19.4 Å². The zero-order valence-corrected chi connectivity index (χ0v) is 12.7. The summed E-state index contributed by atoms with van der Waals surface area (Å²) < 4.78 is 1.15. The Hall–Kier alpha value is -1.85. The predicted molar refractivity (Wildman–Crippen MR) is 83.8 cm³/mol. The molecule has 0 bridgehead atoms. The molecule has 1 heterocycles. The number of rotatable bonds is 4. The zero-order valence-electron chi connectivity index (χ0n) is 12.0. The Morgan fingerprint density at radius 3 is 2.43 bits per heavy atom. The smallest absolute Gasteiger partial charge is 0.324 e. The third kappa shape index (κ3) is 3.25. The summed E-state index contributed by atoms with van der Waals surface area (Å²) in [5.74, 6) is 0. The van der Waals surface area contributed by atoms with Gasteiger partial charge < -0.3 is 5.73 Å². The minimum Gasteiger partial charge on any atom is -0.324 e. The lowest BCUT2D eigenvalue weighted by Crippen LogP contribution is -2.39. The second kappa shape index (κ2) is 6.28. The fourth-order valence-electron chi connectivity index (χ4n) is 2.24. The molecule has 0 radical (unpaired) electrons. The molecule has 0 aliphatic rings. The van der Waals surface area contributed by atoms with Crippen LogP contribution in [0.15, 0.2) is 39.9 Å². The average Bonchev–Trinajstić information content (AvgIpc) is 2.43. The minimum absolute atomic E-state index is 0.0632. The third-order valence-electron chi connectivity index (χ3n) is 3.35. The van der Waals surface area contributed by atoms with E-state index in [4.69, 9.17) is 17.3 Å². The summed E-state index contributed by atoms with van der Waals surface area (Å²) in [6.07, 6.45) is 0.269. The molecular formula is C15H18ClN3O2. The summed E-state index contributed by atoms with van der Waals surface area (Å²) in [4.78, 5) is 26.7. The van der Waals surface area contributed by atoms with E-state index in [1.807, 2.05) is 30.3 Å². The molecule has 0 aliphatic carbocycles. The first-order chi connectivity index (χ1) is 9.91. The number of hydrogen-bond acceptors (Lipinski definition) is 3. The second-order valence-electron chi connectivity index (χ2n) is 5.21. The van der Waals surface area contributed by atoms with Crippen LogP contribution < -0.4 is 17.0 Å². The Kier molecular flexibility index (Phi) is 4.65. The van der Waals surface area contributed by atoms with Crippen LogP contribution in [0.1, 0.15) is 37.1 Å². The Labute approximate surface area is 127 Å². The topological polar surface area (TPSA) is 80.9 Å². The van der Waals surface area contributed by atoms with Gasteiger partial charge in [-0.25, -0.2) is 4.79 Å². The maximum Gasteiger partial charge on any atom is 0.329 e. The first kappa shape index (κ1) is 15.5. The highest BCUT2D eigenvalue weighted by molar-refractivity contribution is 6.30. The van der Waals surface area contributed by atoms with Gasteiger partial charge in [-0.3, -0.25) is 14.3 Å². The van der Waals surface area contributed by atoms with Gasteiger partial charge in [-0.2, -0.15) is 0 Å². The molecule has 112 valence electrons. The number of hydrogen-bond donors (Lipinski definition) is 2. The van der Waals surface area contributed by atoms with Crippen molar-refractivity contribution in [2.24, 2.45) is 5.73 Å². The molecular weight excluding hydrogens is 290 g/mol. The van der Waals surface area contributed by atoms with E-state index in [0.29, 0.717) is 5.56 Å². The highest BCUT2D eigenvalue weighted by Gasteiger charge is 2.17. The van der Waals surface area contributed by atoms with E-state index in [9.17, 15) is 9.59 Å². The van der Waals surface area contributed by atoms with Gasteiger partial charge in [0.15, 0.2) is 0 Å². The Bertz CT molecular complexity index is 735. The molecule has 3 N–H and O–H groups in total. The van der Waals surface area contributed by atoms with Crippen LogP contribution in [0.2, 0.25) is 5.15 Å². The minimum atomic E-state index is -0.503. The van der Waals surface area contributed by atoms with Crippen LogP contribution in [0.5, 0.6) is 0 Å². The van der Waals surface area contributed by atoms with E-state index >= 15 is 0 Å². The normalized spacial score (nSPS) is 12.6. The van der Waals surface area contributed by atoms with Crippen molar-refractivity contribution in [3.05, 3.63) is 67.4 Å². The molecule has 0 fully saturated rings. The molecule has 1 aromatic heterocycles. The van der Waals surface area contributed by atoms with Gasteiger partial charge in [-0.15, -0.1) is 0 Å². The molecule has 1 unspecified atom stereocenters. The van der Waals surface area contributed by atoms with Crippen molar-refractivity contribution < 1.29 is 0 Å². The van der Waals surface area contributed by atoms with Crippen molar-refractivity contribution in [3.63, 3.8) is 0 Å². The summed E-state index contributed by atoms with van der Waals surface area (Å²) >= 11 is 6.02. The molecule has 0 aliphatic heterocycles. The van der Waals surface area contributed by atoms with Gasteiger partial charge in [0, 0.05) is 18.5 Å². The van der Waals surface area contributed by atoms with E-state index in [0.717, 1.165) is 10.1 Å². The molecule has 2 rings (SSSR count). The van der Waals surface area contributed by atoms with Gasteiger partial charge >= 0.3 is 5.69 Å². The monoisotopic (exact) mass is 307 g/mol. The molecule has 0 spiro atoms. The predicted octanol–water partition coefficient (Wildman–Crippen LogP) is 2.01. The zero-order chi connectivity index (χ0) is 15.6. The first-order valence-corrected chi connectivity index (χ1v) is 7.13. The molecule has 2 aromatic rings. The lowest BCUT2D eigenvalue weighted by Gasteiger charge is -2.15. The molecule has 0 saturated heterocycles. The standard InChI is InChI=1S/C15H18ClN3O2/c1-9(2)19-14(20)11(13(16)18-15(19)21)8-12(17)10-6-4-3-5-7-10/h3-7,9,12H,8,17H2,1-2H3,(H,18,21). The largest absolute Gasteiger partial charge is 0.329 e. The van der Waals surface area contributed by atoms with Crippen LogP contribution >= 0.6 is 11.6 Å². The van der Waals surface area contributed by atoms with Crippen LogP contribution in [0, 0.1) is 0 Å². The van der Waals surface area contributed by atoms with E-state index in [1.165, 1.54) is 0 Å². The number of nitrogens with two attached hydrogens (primary N) is 1. The summed E-state index contributed by atoms with van der Waals surface area (Å²) in [6.45, 7) is 3.54. The fraction of sp³-hybridized carbons (Fsp3) is 0.333. The van der Waals surface area contributed by atoms with Gasteiger partial charge in [0.1, 0.15) is 5.15 Å². The molecule has 1 aromatic carbocycles. The summed E-state index contributed by atoms with van der Waals surface area (Å²) in [7, 11) is 0. The summed E-state index contributed by atoms with van der Waals surface area (Å²) in [6, 6.07) is 8.85. The molecule has 0 amide bonds. The Morgan fingerprint density at radius 2 is 1.86 bits per heavy atom. The number of halogens is 1. The molecule has 5 nitrogen and oxygen atoms in total. The first-order valence-electron chi connectivity index (χ1n) is 6.75. The molecule has 0 saturated carbocycles. The van der Waals surface area contributed by atoms with Gasteiger partial charge in [0.25, 0.3) is 5.56 Å². The highest BCUT2D eigenvalue weighted by Crippen LogP contribution is 2.17. The Morgan fingerprint density at radius 1 is 1.24 bits per heavy atom. The maximum absolute atomic E-state index is 12.4. The second-order valence-corrected chi connectivity index (χ2v) is 5.59. The van der Waals surface area contributed by atoms with Crippen molar-refractivity contribution >= 4 is 11.6 Å². The number of nitrogens with zero attached hydrogens (tertiary/aromatic N) is 1. The van der Waals surface area contributed by atoms with Crippen LogP contribution in [-0.2, 0) is 6.42 Å². The third-order valence-corrected chi connectivity index (χ3v) is 3.67. The van der Waals surface area contributed by atoms with Crippen molar-refractivity contribution in [1.82, 2.24) is 9.55 Å². The number of nitrogens with one attached hydrogen (secondary N) is 1. The van der Waals surface area contributed by atoms with Crippen molar-refractivity contribution in [1.29, 1.82) is 0 Å². The SMILES string of the molecule is CC(C)n1c(=O)[nH]c(Cl)c(CC(N)c2ccccc2)c1=O. The van der Waals surface area contributed by atoms with Crippen molar-refractivity contribution in [2.45, 2.75) is 32.4 Å². The number of aromatic nitrogens is 2. The summed E-state index contributed by atoms with van der Waals surface area (Å²) in [5.41, 5.74) is 6.49. The van der Waals surface area contributed by atoms with Crippen LogP contribution in [0.4, 0.5) is 0 Å². The van der Waals surface area contributed by atoms with E-state index < -0.39 is 5.69 Å². The maximum atomic E-state index is 12.4. The molecule has 1 atom stereocenters. The van der Waals surface area contributed by atoms with E-state index in [1.54, 1.807) is 13.8 Å². The highest BCUT2D eigenvalue weighted by atomic mass is 35.5. The van der Waals surface area contributed by atoms with Crippen molar-refractivity contribution in [3.8, 4) is 0 Å². The quantitative estimate of drug-likeness (QED) is 0.848. The lowest BCUT2D eigenvalue weighted by molar-refractivity contribution is 0.536. The van der Waals surface area contributed by atoms with E-state index in [2.05, 4.69) is 4.98 Å². The molecule has 6 heteroatoms. The average molecular weight is 308 g/mol. The fourth-order valence-corrected chi connectivity index (χ4v) is 2.48. The van der Waals surface area contributed by atoms with Crippen LogP contribution in [0.25, 0.3) is 0 Å². The lowest BCUT2D eigenvalue weighted by atomic mass is 10.0. The van der Waals surface area contributed by atoms with Gasteiger partial charge in [-0.1, -0.05) is 41.9 Å².